The minimum Gasteiger partial charge on any atom is -0.00181 e. The molecule has 0 aromatic rings. The van der Waals surface area contributed by atoms with Gasteiger partial charge in [-0.2, -0.15) is 0 Å². The lowest BCUT2D eigenvalue weighted by molar-refractivity contribution is 0.949. The second-order valence-corrected chi connectivity index (χ2v) is 4.51. The quantitative estimate of drug-likeness (QED) is 0.429. The Labute approximate surface area is 45.7 Å². The molecular weight excluding hydrogens is 116 g/mol. The van der Waals surface area contributed by atoms with Gasteiger partial charge in [-0.1, -0.05) is 0 Å². The molecule has 0 bridgehead atoms. The van der Waals surface area contributed by atoms with Crippen LogP contribution in [0.1, 0.15) is 12.8 Å². The molecule has 1 fully saturated rings. The highest BCUT2D eigenvalue weighted by Crippen LogP contribution is 2.15. The van der Waals surface area contributed by atoms with Crippen LogP contribution in [0.5, 0.6) is 0 Å². The predicted molar refractivity (Wildman–Crippen MR) is 32.2 cm³/mol. The van der Waals surface area contributed by atoms with Gasteiger partial charge < -0.3 is 0 Å². The van der Waals surface area contributed by atoms with Gasteiger partial charge in [0.05, 0.1) is 0 Å². The van der Waals surface area contributed by atoms with E-state index in [9.17, 15) is 0 Å². The van der Waals surface area contributed by atoms with Crippen LogP contribution >= 0.6 is 10.7 Å². The van der Waals surface area contributed by atoms with Crippen LogP contribution in [0.4, 0.5) is 0 Å². The maximum absolute atomic E-state index is 5.74. The summed E-state index contributed by atoms with van der Waals surface area (Å²) >= 11 is 0. The molecule has 1 rings (SSSR count). The summed E-state index contributed by atoms with van der Waals surface area (Å²) in [5.74, 6) is 2.56. The van der Waals surface area contributed by atoms with Gasteiger partial charge in [-0.3, -0.25) is 0 Å². The normalized spacial score (nSPS) is 25.5. The molecule has 0 aliphatic carbocycles. The molecular formula is C4H8ClS+. The highest BCUT2D eigenvalue weighted by molar-refractivity contribution is 8.18. The highest BCUT2D eigenvalue weighted by Gasteiger charge is 2.20. The molecule has 0 nitrogen and oxygen atoms in total. The number of halogens is 1. The molecule has 36 valence electrons. The maximum Gasteiger partial charge on any atom is 0.175 e. The maximum atomic E-state index is 5.74. The molecule has 0 unspecified atom stereocenters. The molecule has 0 N–H and O–H groups in total. The van der Waals surface area contributed by atoms with E-state index in [4.69, 9.17) is 10.7 Å². The van der Waals surface area contributed by atoms with Crippen molar-refractivity contribution in [3.63, 3.8) is 0 Å². The summed E-state index contributed by atoms with van der Waals surface area (Å²) in [6, 6.07) is 0. The van der Waals surface area contributed by atoms with Crippen LogP contribution in [0.3, 0.4) is 0 Å². The molecule has 1 saturated heterocycles. The first-order valence-electron chi connectivity index (χ1n) is 2.23. The van der Waals surface area contributed by atoms with Crippen molar-refractivity contribution in [2.45, 2.75) is 12.8 Å². The number of hydrogen-bond donors (Lipinski definition) is 0. The first kappa shape index (κ1) is 4.79. The Bertz CT molecular complexity index is 40.8. The minimum absolute atomic E-state index is 0.299. The van der Waals surface area contributed by atoms with Gasteiger partial charge in [0.2, 0.25) is 0 Å². The average Bonchev–Trinajstić information content (AvgIpc) is 1.86. The summed E-state index contributed by atoms with van der Waals surface area (Å²) in [5, 5.41) is 0. The first-order valence-corrected chi connectivity index (χ1v) is 4.62. The van der Waals surface area contributed by atoms with Gasteiger partial charge in [-0.15, -0.1) is 0 Å². The standard InChI is InChI=1S/C4H8ClS/c5-6-3-1-2-4-6/h1-4H2/q+1. The molecule has 0 spiro atoms. The summed E-state index contributed by atoms with van der Waals surface area (Å²) in [7, 11) is 6.04. The zero-order chi connectivity index (χ0) is 4.41. The lowest BCUT2D eigenvalue weighted by atomic mass is 10.4. The Kier molecular flexibility index (Phi) is 1.66. The smallest absolute Gasteiger partial charge is 0.00181 e. The van der Waals surface area contributed by atoms with E-state index in [-0.39, 0.29) is 0 Å². The van der Waals surface area contributed by atoms with E-state index in [1.165, 1.54) is 24.3 Å². The lowest BCUT2D eigenvalue weighted by Gasteiger charge is -1.74. The summed E-state index contributed by atoms with van der Waals surface area (Å²) in [6.07, 6.45) is 2.74. The summed E-state index contributed by atoms with van der Waals surface area (Å²) in [4.78, 5) is 0. The summed E-state index contributed by atoms with van der Waals surface area (Å²) in [6.45, 7) is 0. The Hall–Kier alpha value is 0.640. The number of hydrogen-bond acceptors (Lipinski definition) is 0. The van der Waals surface area contributed by atoms with Gasteiger partial charge in [0.1, 0.15) is 21.6 Å². The Balaban J connectivity index is 2.18. The van der Waals surface area contributed by atoms with Crippen LogP contribution in [0.25, 0.3) is 0 Å². The zero-order valence-corrected chi connectivity index (χ0v) is 5.19. The average molecular weight is 124 g/mol. The van der Waals surface area contributed by atoms with Gasteiger partial charge in [-0.25, -0.2) is 0 Å². The fourth-order valence-corrected chi connectivity index (χ4v) is 2.51. The third-order valence-corrected chi connectivity index (χ3v) is 3.37. The fraction of sp³-hybridized carbons (Fsp3) is 1.00. The molecule has 0 saturated carbocycles. The molecule has 1 heterocycles. The van der Waals surface area contributed by atoms with Gasteiger partial charge in [0, 0.05) is 0 Å². The van der Waals surface area contributed by atoms with Gasteiger partial charge in [-0.05, 0) is 12.8 Å². The first-order chi connectivity index (χ1) is 2.89. The van der Waals surface area contributed by atoms with E-state index in [1.54, 1.807) is 0 Å². The zero-order valence-electron chi connectivity index (χ0n) is 3.61. The van der Waals surface area contributed by atoms with Crippen molar-refractivity contribution < 1.29 is 0 Å². The van der Waals surface area contributed by atoms with Crippen molar-refractivity contribution >= 4 is 20.8 Å². The predicted octanol–water partition coefficient (Wildman–Crippen LogP) is 1.55. The van der Waals surface area contributed by atoms with Crippen molar-refractivity contribution in [2.24, 2.45) is 0 Å². The van der Waals surface area contributed by atoms with Crippen molar-refractivity contribution in [1.29, 1.82) is 0 Å². The molecule has 1 aliphatic heterocycles. The van der Waals surface area contributed by atoms with E-state index in [2.05, 4.69) is 0 Å². The fourth-order valence-electron chi connectivity index (χ4n) is 0.619. The van der Waals surface area contributed by atoms with Crippen LogP contribution < -0.4 is 0 Å². The molecule has 1 aliphatic rings. The monoisotopic (exact) mass is 123 g/mol. The van der Waals surface area contributed by atoms with E-state index in [0.717, 1.165) is 0 Å². The van der Waals surface area contributed by atoms with Gasteiger partial charge in [0.25, 0.3) is 0 Å². The van der Waals surface area contributed by atoms with Crippen molar-refractivity contribution in [1.82, 2.24) is 0 Å². The Morgan fingerprint density at radius 3 is 1.83 bits per heavy atom. The second kappa shape index (κ2) is 2.08. The topological polar surface area (TPSA) is 0 Å². The van der Waals surface area contributed by atoms with E-state index < -0.39 is 0 Å². The van der Waals surface area contributed by atoms with E-state index in [0.29, 0.717) is 10.1 Å². The largest absolute Gasteiger partial charge is 0.175 e. The SMILES string of the molecule is Cl[S+]1CCCC1. The molecule has 0 atom stereocenters. The van der Waals surface area contributed by atoms with Crippen LogP contribution in [-0.2, 0) is 10.1 Å². The molecule has 0 radical (unpaired) electrons. The Morgan fingerprint density at radius 1 is 1.17 bits per heavy atom. The van der Waals surface area contributed by atoms with Crippen molar-refractivity contribution in [3.8, 4) is 0 Å². The minimum atomic E-state index is 0.299. The third kappa shape index (κ3) is 1.05. The molecule has 6 heavy (non-hydrogen) atoms. The van der Waals surface area contributed by atoms with E-state index >= 15 is 0 Å². The highest BCUT2D eigenvalue weighted by atomic mass is 35.7. The molecule has 2 heteroatoms. The van der Waals surface area contributed by atoms with Crippen LogP contribution in [0, 0.1) is 0 Å². The lowest BCUT2D eigenvalue weighted by Crippen LogP contribution is -1.88. The molecule has 0 aromatic heterocycles. The van der Waals surface area contributed by atoms with Gasteiger partial charge in [0.15, 0.2) is 10.7 Å². The second-order valence-electron chi connectivity index (χ2n) is 1.54. The molecule has 0 aromatic carbocycles. The summed E-state index contributed by atoms with van der Waals surface area (Å²) < 4.78 is 0. The van der Waals surface area contributed by atoms with Crippen LogP contribution in [0.2, 0.25) is 0 Å². The van der Waals surface area contributed by atoms with E-state index in [1.807, 2.05) is 0 Å². The number of rotatable bonds is 0. The molecule has 0 amide bonds. The van der Waals surface area contributed by atoms with Crippen LogP contribution in [0.15, 0.2) is 0 Å². The van der Waals surface area contributed by atoms with Crippen molar-refractivity contribution in [2.75, 3.05) is 11.5 Å². The Morgan fingerprint density at radius 2 is 1.67 bits per heavy atom. The summed E-state index contributed by atoms with van der Waals surface area (Å²) in [5.41, 5.74) is 0. The third-order valence-electron chi connectivity index (χ3n) is 0.982. The van der Waals surface area contributed by atoms with Crippen LogP contribution in [-0.4, -0.2) is 11.5 Å². The van der Waals surface area contributed by atoms with Gasteiger partial charge >= 0.3 is 0 Å². The van der Waals surface area contributed by atoms with Crippen molar-refractivity contribution in [3.05, 3.63) is 0 Å².